The van der Waals surface area contributed by atoms with Crippen LogP contribution in [-0.4, -0.2) is 25.7 Å². The Morgan fingerprint density at radius 2 is 2.05 bits per heavy atom. The van der Waals surface area contributed by atoms with Gasteiger partial charge in [-0.1, -0.05) is 37.8 Å². The van der Waals surface area contributed by atoms with Gasteiger partial charge in [-0.3, -0.25) is 4.79 Å². The average Bonchev–Trinajstić information content (AvgIpc) is 2.47. The number of rotatable bonds is 8. The van der Waals surface area contributed by atoms with E-state index in [1.807, 2.05) is 6.92 Å². The molecule has 0 saturated carbocycles. The molecule has 0 aromatic heterocycles. The zero-order valence-corrected chi connectivity index (χ0v) is 13.9. The van der Waals surface area contributed by atoms with Crippen LogP contribution in [0.1, 0.15) is 39.5 Å². The number of carbonyl (C=O) groups is 1. The van der Waals surface area contributed by atoms with Crippen LogP contribution in [0.3, 0.4) is 0 Å². The van der Waals surface area contributed by atoms with Gasteiger partial charge in [0.15, 0.2) is 0 Å². The van der Waals surface area contributed by atoms with Crippen LogP contribution in [0, 0.1) is 0 Å². The number of hydrogen-bond donors (Lipinski definition) is 1. The summed E-state index contributed by atoms with van der Waals surface area (Å²) in [7, 11) is 3.11. The second-order valence-electron chi connectivity index (χ2n) is 5.20. The third-order valence-electron chi connectivity index (χ3n) is 3.60. The maximum atomic E-state index is 12.4. The standard InChI is InChI=1S/C16H24ClNO3/c1-5-6-7-10-16(2,21-4)15(19)18-12-8-9-14(20-3)13(17)11-12/h8-9,11H,5-7,10H2,1-4H3,(H,18,19)/t16-/m0/s1. The second-order valence-corrected chi connectivity index (χ2v) is 5.60. The summed E-state index contributed by atoms with van der Waals surface area (Å²) < 4.78 is 10.5. The topological polar surface area (TPSA) is 47.6 Å². The number of amides is 1. The summed E-state index contributed by atoms with van der Waals surface area (Å²) in [5.41, 5.74) is -0.203. The second kappa shape index (κ2) is 8.25. The summed E-state index contributed by atoms with van der Waals surface area (Å²) in [6.45, 7) is 3.94. The lowest BCUT2D eigenvalue weighted by atomic mass is 9.97. The van der Waals surface area contributed by atoms with Crippen LogP contribution in [0.2, 0.25) is 5.02 Å². The number of carbonyl (C=O) groups excluding carboxylic acids is 1. The van der Waals surface area contributed by atoms with Gasteiger partial charge in [0.25, 0.3) is 5.91 Å². The maximum absolute atomic E-state index is 12.4. The molecule has 1 atom stereocenters. The highest BCUT2D eigenvalue weighted by Crippen LogP contribution is 2.28. The Labute approximate surface area is 131 Å². The van der Waals surface area contributed by atoms with Crippen molar-refractivity contribution < 1.29 is 14.3 Å². The van der Waals surface area contributed by atoms with Crippen LogP contribution in [-0.2, 0) is 9.53 Å². The van der Waals surface area contributed by atoms with Crippen molar-refractivity contribution in [2.75, 3.05) is 19.5 Å². The molecule has 21 heavy (non-hydrogen) atoms. The van der Waals surface area contributed by atoms with Crippen LogP contribution in [0.25, 0.3) is 0 Å². The Kier molecular flexibility index (Phi) is 6.99. The molecule has 1 amide bonds. The summed E-state index contributed by atoms with van der Waals surface area (Å²) in [5.74, 6) is 0.412. The SMILES string of the molecule is CCCCC[C@](C)(OC)C(=O)Nc1ccc(OC)c(Cl)c1. The molecule has 0 aliphatic rings. The first-order chi connectivity index (χ1) is 9.96. The van der Waals surface area contributed by atoms with Gasteiger partial charge >= 0.3 is 0 Å². The van der Waals surface area contributed by atoms with E-state index in [1.54, 1.807) is 32.4 Å². The average molecular weight is 314 g/mol. The summed E-state index contributed by atoms with van der Waals surface area (Å²) >= 11 is 6.06. The molecule has 0 spiro atoms. The van der Waals surface area contributed by atoms with Crippen molar-refractivity contribution in [3.8, 4) is 5.75 Å². The van der Waals surface area contributed by atoms with Gasteiger partial charge in [0.1, 0.15) is 11.4 Å². The van der Waals surface area contributed by atoms with Gasteiger partial charge in [0, 0.05) is 12.8 Å². The van der Waals surface area contributed by atoms with Gasteiger partial charge in [0.05, 0.1) is 12.1 Å². The van der Waals surface area contributed by atoms with Crippen LogP contribution in [0.15, 0.2) is 18.2 Å². The van der Waals surface area contributed by atoms with Gasteiger partial charge in [-0.2, -0.15) is 0 Å². The molecule has 1 rings (SSSR count). The van der Waals surface area contributed by atoms with Crippen LogP contribution in [0.5, 0.6) is 5.75 Å². The smallest absolute Gasteiger partial charge is 0.256 e. The minimum Gasteiger partial charge on any atom is -0.495 e. The fraction of sp³-hybridized carbons (Fsp3) is 0.562. The quantitative estimate of drug-likeness (QED) is 0.729. The summed E-state index contributed by atoms with van der Waals surface area (Å²) in [6, 6.07) is 5.14. The maximum Gasteiger partial charge on any atom is 0.256 e. The van der Waals surface area contributed by atoms with E-state index < -0.39 is 5.60 Å². The number of benzene rings is 1. The molecular formula is C16H24ClNO3. The first-order valence-corrected chi connectivity index (χ1v) is 7.54. The third-order valence-corrected chi connectivity index (χ3v) is 3.89. The first kappa shape index (κ1) is 17.8. The molecule has 1 aromatic carbocycles. The van der Waals surface area contributed by atoms with Crippen LogP contribution >= 0.6 is 11.6 Å². The number of unbranched alkanes of at least 4 members (excludes halogenated alkanes) is 2. The highest BCUT2D eigenvalue weighted by atomic mass is 35.5. The molecule has 0 bridgehead atoms. The van der Waals surface area contributed by atoms with E-state index >= 15 is 0 Å². The molecule has 1 aromatic rings. The predicted molar refractivity (Wildman–Crippen MR) is 86.2 cm³/mol. The van der Waals surface area contributed by atoms with Gasteiger partial charge in [0.2, 0.25) is 0 Å². The predicted octanol–water partition coefficient (Wildman–Crippen LogP) is 4.27. The first-order valence-electron chi connectivity index (χ1n) is 7.17. The van der Waals surface area contributed by atoms with Crippen molar-refractivity contribution in [3.05, 3.63) is 23.2 Å². The van der Waals surface area contributed by atoms with E-state index in [0.29, 0.717) is 22.9 Å². The van der Waals surface area contributed by atoms with Crippen molar-refractivity contribution in [2.24, 2.45) is 0 Å². The van der Waals surface area contributed by atoms with Crippen LogP contribution in [0.4, 0.5) is 5.69 Å². The third kappa shape index (κ3) is 4.90. The zero-order chi connectivity index (χ0) is 15.9. The Bertz CT molecular complexity index is 479. The highest BCUT2D eigenvalue weighted by Gasteiger charge is 2.32. The van der Waals surface area contributed by atoms with Gasteiger partial charge in [-0.05, 0) is 31.5 Å². The van der Waals surface area contributed by atoms with Gasteiger partial charge in [-0.15, -0.1) is 0 Å². The van der Waals surface area contributed by atoms with E-state index in [1.165, 1.54) is 0 Å². The number of nitrogens with one attached hydrogen (secondary N) is 1. The highest BCUT2D eigenvalue weighted by molar-refractivity contribution is 6.32. The van der Waals surface area contributed by atoms with Crippen molar-refractivity contribution in [1.29, 1.82) is 0 Å². The molecule has 0 aliphatic heterocycles. The molecule has 1 N–H and O–H groups in total. The fourth-order valence-corrected chi connectivity index (χ4v) is 2.29. The zero-order valence-electron chi connectivity index (χ0n) is 13.2. The monoisotopic (exact) mass is 313 g/mol. The lowest BCUT2D eigenvalue weighted by Gasteiger charge is -2.27. The van der Waals surface area contributed by atoms with E-state index in [4.69, 9.17) is 21.1 Å². The van der Waals surface area contributed by atoms with Gasteiger partial charge in [-0.25, -0.2) is 0 Å². The lowest BCUT2D eigenvalue weighted by molar-refractivity contribution is -0.136. The Balaban J connectivity index is 2.75. The molecule has 4 nitrogen and oxygen atoms in total. The molecule has 0 aliphatic carbocycles. The molecule has 0 fully saturated rings. The number of ether oxygens (including phenoxy) is 2. The molecule has 5 heteroatoms. The Hall–Kier alpha value is -1.26. The minimum absolute atomic E-state index is 0.165. The largest absolute Gasteiger partial charge is 0.495 e. The van der Waals surface area contributed by atoms with E-state index in [-0.39, 0.29) is 5.91 Å². The van der Waals surface area contributed by atoms with Crippen molar-refractivity contribution in [3.63, 3.8) is 0 Å². The molecule has 0 heterocycles. The van der Waals surface area contributed by atoms with Crippen molar-refractivity contribution >= 4 is 23.2 Å². The Morgan fingerprint density at radius 3 is 2.57 bits per heavy atom. The minimum atomic E-state index is -0.832. The lowest BCUT2D eigenvalue weighted by Crippen LogP contribution is -2.41. The molecular weight excluding hydrogens is 290 g/mol. The molecule has 0 unspecified atom stereocenters. The normalized spacial score (nSPS) is 13.6. The van der Waals surface area contributed by atoms with E-state index in [9.17, 15) is 4.79 Å². The van der Waals surface area contributed by atoms with E-state index in [2.05, 4.69) is 12.2 Å². The van der Waals surface area contributed by atoms with Crippen molar-refractivity contribution in [1.82, 2.24) is 0 Å². The number of methoxy groups -OCH3 is 2. The Morgan fingerprint density at radius 1 is 1.33 bits per heavy atom. The molecule has 0 saturated heterocycles. The summed E-state index contributed by atoms with van der Waals surface area (Å²) in [5, 5.41) is 3.31. The van der Waals surface area contributed by atoms with Crippen molar-refractivity contribution in [2.45, 2.75) is 45.1 Å². The fourth-order valence-electron chi connectivity index (χ4n) is 2.03. The van der Waals surface area contributed by atoms with Gasteiger partial charge < -0.3 is 14.8 Å². The summed E-state index contributed by atoms with van der Waals surface area (Å²) in [6.07, 6.45) is 3.83. The number of anilines is 1. The van der Waals surface area contributed by atoms with E-state index in [0.717, 1.165) is 19.3 Å². The van der Waals surface area contributed by atoms with Crippen LogP contribution < -0.4 is 10.1 Å². The number of halogens is 1. The number of hydrogen-bond acceptors (Lipinski definition) is 3. The molecule has 0 radical (unpaired) electrons. The summed E-state index contributed by atoms with van der Waals surface area (Å²) in [4.78, 5) is 12.4. The molecule has 118 valence electrons.